The van der Waals surface area contributed by atoms with Gasteiger partial charge in [0.05, 0.1) is 12.3 Å². The smallest absolute Gasteiger partial charge is 0.0650 e. The molecule has 2 rings (SSSR count). The minimum Gasteiger partial charge on any atom is -0.280 e. The lowest BCUT2D eigenvalue weighted by molar-refractivity contribution is 0.728. The summed E-state index contributed by atoms with van der Waals surface area (Å²) in [5, 5.41) is 0. The van der Waals surface area contributed by atoms with E-state index in [2.05, 4.69) is 57.0 Å². The molecule has 0 spiro atoms. The number of nitrogens with zero attached hydrogens (tertiary/aromatic N) is 1. The van der Waals surface area contributed by atoms with E-state index in [9.17, 15) is 0 Å². The SMILES string of the molecule is CC.CCC1=CC(c2ccc(C(C)CC)c(C)c2)=NC1. The Balaban J connectivity index is 0.000000956. The Morgan fingerprint density at radius 1 is 1.20 bits per heavy atom. The molecule has 0 saturated heterocycles. The highest BCUT2D eigenvalue weighted by molar-refractivity contribution is 6.10. The fourth-order valence-corrected chi connectivity index (χ4v) is 2.47. The topological polar surface area (TPSA) is 12.4 Å². The van der Waals surface area contributed by atoms with Gasteiger partial charge < -0.3 is 0 Å². The van der Waals surface area contributed by atoms with Crippen LogP contribution >= 0.6 is 0 Å². The van der Waals surface area contributed by atoms with Crippen LogP contribution in [0.2, 0.25) is 0 Å². The quantitative estimate of drug-likeness (QED) is 0.668. The second kappa shape index (κ2) is 8.04. The van der Waals surface area contributed by atoms with Crippen molar-refractivity contribution < 1.29 is 0 Å². The molecule has 0 bridgehead atoms. The van der Waals surface area contributed by atoms with Crippen LogP contribution in [0.3, 0.4) is 0 Å². The molecule has 0 radical (unpaired) electrons. The van der Waals surface area contributed by atoms with Crippen molar-refractivity contribution in [2.75, 3.05) is 6.54 Å². The summed E-state index contributed by atoms with van der Waals surface area (Å²) in [6, 6.07) is 6.79. The fourth-order valence-electron chi connectivity index (χ4n) is 2.47. The highest BCUT2D eigenvalue weighted by Gasteiger charge is 2.11. The largest absolute Gasteiger partial charge is 0.280 e. The van der Waals surface area contributed by atoms with E-state index in [4.69, 9.17) is 0 Å². The van der Waals surface area contributed by atoms with Crippen molar-refractivity contribution in [3.8, 4) is 0 Å². The highest BCUT2D eigenvalue weighted by Crippen LogP contribution is 2.24. The number of allylic oxidation sites excluding steroid dienone is 1. The van der Waals surface area contributed by atoms with Crippen molar-refractivity contribution in [2.24, 2.45) is 4.99 Å². The van der Waals surface area contributed by atoms with Gasteiger partial charge in [-0.25, -0.2) is 0 Å². The summed E-state index contributed by atoms with van der Waals surface area (Å²) in [5.41, 5.74) is 6.73. The summed E-state index contributed by atoms with van der Waals surface area (Å²) in [5.74, 6) is 0.645. The molecule has 1 atom stereocenters. The van der Waals surface area contributed by atoms with E-state index < -0.39 is 0 Å². The van der Waals surface area contributed by atoms with Gasteiger partial charge in [-0.05, 0) is 60.1 Å². The fraction of sp³-hybridized carbons (Fsp3) is 0.526. The molecule has 1 aliphatic rings. The van der Waals surface area contributed by atoms with Crippen LogP contribution in [0.4, 0.5) is 0 Å². The number of hydrogen-bond acceptors (Lipinski definition) is 1. The van der Waals surface area contributed by atoms with Gasteiger partial charge in [-0.3, -0.25) is 4.99 Å². The van der Waals surface area contributed by atoms with E-state index in [1.807, 2.05) is 13.8 Å². The lowest BCUT2D eigenvalue weighted by Gasteiger charge is -2.13. The average molecular weight is 271 g/mol. The maximum atomic E-state index is 4.62. The van der Waals surface area contributed by atoms with E-state index in [-0.39, 0.29) is 0 Å². The van der Waals surface area contributed by atoms with Gasteiger partial charge >= 0.3 is 0 Å². The van der Waals surface area contributed by atoms with Gasteiger partial charge in [0.2, 0.25) is 0 Å². The molecule has 0 aromatic heterocycles. The first-order valence-corrected chi connectivity index (χ1v) is 8.00. The number of aliphatic imine (C=N–C) groups is 1. The second-order valence-electron chi connectivity index (χ2n) is 5.24. The van der Waals surface area contributed by atoms with Crippen molar-refractivity contribution in [1.29, 1.82) is 0 Å². The Hall–Kier alpha value is -1.37. The number of benzene rings is 1. The summed E-state index contributed by atoms with van der Waals surface area (Å²) in [7, 11) is 0. The van der Waals surface area contributed by atoms with Crippen LogP contribution in [0, 0.1) is 6.92 Å². The Labute approximate surface area is 124 Å². The number of aryl methyl sites for hydroxylation is 1. The molecule has 0 saturated carbocycles. The molecule has 110 valence electrons. The molecule has 1 aromatic carbocycles. The first-order valence-electron chi connectivity index (χ1n) is 8.00. The molecule has 1 nitrogen and oxygen atoms in total. The molecule has 1 heteroatoms. The van der Waals surface area contributed by atoms with E-state index in [0.29, 0.717) is 5.92 Å². The molecular weight excluding hydrogens is 242 g/mol. The van der Waals surface area contributed by atoms with Crippen molar-refractivity contribution in [1.82, 2.24) is 0 Å². The maximum absolute atomic E-state index is 4.62. The average Bonchev–Trinajstić information content (AvgIpc) is 2.97. The van der Waals surface area contributed by atoms with E-state index >= 15 is 0 Å². The van der Waals surface area contributed by atoms with E-state index in [1.54, 1.807) is 0 Å². The molecule has 20 heavy (non-hydrogen) atoms. The van der Waals surface area contributed by atoms with Crippen molar-refractivity contribution in [3.63, 3.8) is 0 Å². The summed E-state index contributed by atoms with van der Waals surface area (Å²) in [6.07, 6.45) is 4.55. The first-order chi connectivity index (χ1) is 9.65. The van der Waals surface area contributed by atoms with Crippen molar-refractivity contribution >= 4 is 5.71 Å². The van der Waals surface area contributed by atoms with E-state index in [0.717, 1.165) is 18.7 Å². The zero-order valence-corrected chi connectivity index (χ0v) is 14.0. The first kappa shape index (κ1) is 16.7. The predicted octanol–water partition coefficient (Wildman–Crippen LogP) is 5.67. The van der Waals surface area contributed by atoms with Gasteiger partial charge in [-0.1, -0.05) is 46.8 Å². The van der Waals surface area contributed by atoms with E-state index in [1.165, 1.54) is 28.7 Å². The monoisotopic (exact) mass is 271 g/mol. The van der Waals surface area contributed by atoms with Gasteiger partial charge in [0.1, 0.15) is 0 Å². The molecule has 1 aliphatic heterocycles. The Morgan fingerprint density at radius 3 is 2.40 bits per heavy atom. The Morgan fingerprint density at radius 2 is 1.90 bits per heavy atom. The lowest BCUT2D eigenvalue weighted by Crippen LogP contribution is -2.00. The minimum atomic E-state index is 0.645. The van der Waals surface area contributed by atoms with Crippen LogP contribution in [0.1, 0.15) is 70.1 Å². The third kappa shape index (κ3) is 3.82. The van der Waals surface area contributed by atoms with Crippen LogP contribution in [0.25, 0.3) is 0 Å². The lowest BCUT2D eigenvalue weighted by atomic mass is 9.92. The molecule has 0 aliphatic carbocycles. The number of hydrogen-bond donors (Lipinski definition) is 0. The molecule has 0 N–H and O–H groups in total. The normalized spacial score (nSPS) is 15.1. The summed E-state index contributed by atoms with van der Waals surface area (Å²) < 4.78 is 0. The highest BCUT2D eigenvalue weighted by atomic mass is 14.8. The van der Waals surface area contributed by atoms with Gasteiger partial charge in [-0.15, -0.1) is 0 Å². The van der Waals surface area contributed by atoms with Gasteiger partial charge in [-0.2, -0.15) is 0 Å². The number of rotatable bonds is 4. The molecular formula is C19H29N. The second-order valence-corrected chi connectivity index (χ2v) is 5.24. The van der Waals surface area contributed by atoms with Crippen LogP contribution in [0.5, 0.6) is 0 Å². The van der Waals surface area contributed by atoms with Crippen LogP contribution in [-0.2, 0) is 0 Å². The summed E-state index contributed by atoms with van der Waals surface area (Å²) in [4.78, 5) is 4.62. The molecule has 0 amide bonds. The third-order valence-corrected chi connectivity index (χ3v) is 3.96. The predicted molar refractivity (Wildman–Crippen MR) is 91.0 cm³/mol. The molecule has 1 aromatic rings. The van der Waals surface area contributed by atoms with Crippen LogP contribution < -0.4 is 0 Å². The van der Waals surface area contributed by atoms with Gasteiger partial charge in [0, 0.05) is 0 Å². The van der Waals surface area contributed by atoms with Gasteiger partial charge in [0.25, 0.3) is 0 Å². The minimum absolute atomic E-state index is 0.645. The zero-order valence-electron chi connectivity index (χ0n) is 14.0. The Kier molecular flexibility index (Phi) is 6.70. The molecule has 1 heterocycles. The maximum Gasteiger partial charge on any atom is 0.0650 e. The van der Waals surface area contributed by atoms with Crippen LogP contribution in [0.15, 0.2) is 34.8 Å². The van der Waals surface area contributed by atoms with Crippen molar-refractivity contribution in [3.05, 3.63) is 46.5 Å². The zero-order chi connectivity index (χ0) is 15.1. The summed E-state index contributed by atoms with van der Waals surface area (Å²) >= 11 is 0. The van der Waals surface area contributed by atoms with Crippen LogP contribution in [-0.4, -0.2) is 12.3 Å². The standard InChI is InChI=1S/C17H23N.C2H6/c1-5-12(3)16-8-7-15(9-13(16)4)17-10-14(6-2)11-18-17;1-2/h7-10,12H,5-6,11H2,1-4H3;1-2H3. The summed E-state index contributed by atoms with van der Waals surface area (Å²) in [6.45, 7) is 13.8. The van der Waals surface area contributed by atoms with Crippen molar-refractivity contribution in [2.45, 2.75) is 60.3 Å². The molecule has 0 fully saturated rings. The van der Waals surface area contributed by atoms with Gasteiger partial charge in [0.15, 0.2) is 0 Å². The molecule has 1 unspecified atom stereocenters. The third-order valence-electron chi connectivity index (χ3n) is 3.96. The Bertz CT molecular complexity index is 494.